The molecule has 3 aromatic rings. The zero-order valence-electron chi connectivity index (χ0n) is 20.6. The van der Waals surface area contributed by atoms with Gasteiger partial charge in [0.1, 0.15) is 22.3 Å². The lowest BCUT2D eigenvalue weighted by atomic mass is 9.99. The van der Waals surface area contributed by atoms with Crippen LogP contribution in [0.5, 0.6) is 0 Å². The number of aromatic nitrogens is 3. The van der Waals surface area contributed by atoms with Crippen LogP contribution in [0, 0.1) is 12.7 Å². The highest BCUT2D eigenvalue weighted by Crippen LogP contribution is 2.22. The molecule has 0 bridgehead atoms. The lowest BCUT2D eigenvalue weighted by Gasteiger charge is -2.36. The van der Waals surface area contributed by atoms with Crippen LogP contribution in [-0.2, 0) is 9.59 Å². The van der Waals surface area contributed by atoms with E-state index in [4.69, 9.17) is 0 Å². The normalized spacial score (nSPS) is 17.6. The number of halogens is 1. The van der Waals surface area contributed by atoms with Gasteiger partial charge in [0.2, 0.25) is 11.8 Å². The first-order valence-electron chi connectivity index (χ1n) is 12.2. The fraction of sp³-hybridized carbons (Fsp3) is 0.480. The molecule has 36 heavy (non-hydrogen) atoms. The Morgan fingerprint density at radius 2 is 2.08 bits per heavy atom. The molecule has 3 atom stereocenters. The number of carbonyl (C=O) groups excluding carboxylic acids is 3. The van der Waals surface area contributed by atoms with Gasteiger partial charge in [0, 0.05) is 12.6 Å². The Hall–Kier alpha value is -3.34. The number of H-pyrrole nitrogens is 1. The van der Waals surface area contributed by atoms with Gasteiger partial charge in [-0.1, -0.05) is 13.0 Å². The molecule has 0 saturated carbocycles. The summed E-state index contributed by atoms with van der Waals surface area (Å²) in [6, 6.07) is 3.03. The Morgan fingerprint density at radius 1 is 1.28 bits per heavy atom. The van der Waals surface area contributed by atoms with E-state index in [1.165, 1.54) is 23.6 Å². The molecule has 3 amide bonds. The van der Waals surface area contributed by atoms with Crippen LogP contribution >= 0.6 is 11.3 Å². The number of nitrogens with one attached hydrogen (secondary N) is 3. The van der Waals surface area contributed by atoms with Crippen LogP contribution in [0.4, 0.5) is 4.39 Å². The second kappa shape index (κ2) is 11.2. The van der Waals surface area contributed by atoms with Gasteiger partial charge in [-0.3, -0.25) is 14.4 Å². The van der Waals surface area contributed by atoms with E-state index in [9.17, 15) is 18.8 Å². The topological polar surface area (TPSA) is 120 Å². The number of nitrogens with zero attached hydrogens (tertiary/aromatic N) is 3. The first-order chi connectivity index (χ1) is 17.3. The number of benzene rings is 1. The van der Waals surface area contributed by atoms with Crippen molar-refractivity contribution in [3.63, 3.8) is 0 Å². The number of imidazole rings is 1. The van der Waals surface area contributed by atoms with Crippen LogP contribution in [0.1, 0.15) is 72.5 Å². The molecule has 0 aliphatic carbocycles. The van der Waals surface area contributed by atoms with Crippen molar-refractivity contribution in [1.82, 2.24) is 30.5 Å². The van der Waals surface area contributed by atoms with Gasteiger partial charge in [-0.25, -0.2) is 14.4 Å². The van der Waals surface area contributed by atoms with Crippen molar-refractivity contribution >= 4 is 40.1 Å². The van der Waals surface area contributed by atoms with Gasteiger partial charge < -0.3 is 20.5 Å². The van der Waals surface area contributed by atoms with Crippen molar-refractivity contribution in [2.75, 3.05) is 6.54 Å². The molecule has 1 fully saturated rings. The fourth-order valence-electron chi connectivity index (χ4n) is 4.55. The van der Waals surface area contributed by atoms with Crippen LogP contribution in [0.25, 0.3) is 11.0 Å². The summed E-state index contributed by atoms with van der Waals surface area (Å²) in [6.45, 7) is 6.19. The Kier molecular flexibility index (Phi) is 7.97. The molecule has 1 aliphatic heterocycles. The third-order valence-corrected chi connectivity index (χ3v) is 7.43. The maximum Gasteiger partial charge on any atom is 0.263 e. The van der Waals surface area contributed by atoms with Crippen molar-refractivity contribution in [2.45, 2.75) is 71.0 Å². The molecule has 2 unspecified atom stereocenters. The number of likely N-dealkylation sites (tertiary alicyclic amines) is 1. The van der Waals surface area contributed by atoms with Crippen LogP contribution in [-0.4, -0.2) is 56.2 Å². The van der Waals surface area contributed by atoms with Gasteiger partial charge in [-0.15, -0.1) is 11.3 Å². The lowest BCUT2D eigenvalue weighted by Crippen LogP contribution is -2.51. The molecule has 1 aliphatic rings. The van der Waals surface area contributed by atoms with Crippen molar-refractivity contribution in [2.24, 2.45) is 0 Å². The van der Waals surface area contributed by atoms with E-state index < -0.39 is 29.7 Å². The number of thiazole rings is 1. The number of hydrogen-bond acceptors (Lipinski definition) is 6. The monoisotopic (exact) mass is 514 g/mol. The number of aryl methyl sites for hydroxylation is 1. The highest BCUT2D eigenvalue weighted by Gasteiger charge is 2.32. The van der Waals surface area contributed by atoms with Gasteiger partial charge in [0.15, 0.2) is 5.82 Å². The number of amides is 3. The third kappa shape index (κ3) is 5.72. The van der Waals surface area contributed by atoms with E-state index in [2.05, 4.69) is 25.6 Å². The molecule has 4 rings (SSSR count). The number of hydrogen-bond donors (Lipinski definition) is 3. The molecule has 3 heterocycles. The van der Waals surface area contributed by atoms with E-state index in [0.717, 1.165) is 30.7 Å². The second-order valence-electron chi connectivity index (χ2n) is 9.11. The van der Waals surface area contributed by atoms with E-state index in [1.54, 1.807) is 26.0 Å². The number of piperidine rings is 1. The van der Waals surface area contributed by atoms with Crippen LogP contribution < -0.4 is 10.6 Å². The standard InChI is InChI=1S/C25H31FN6O3S/c1-4-16-8-5-6-11-32(16)21(33)12-19(30-25(35)20-13-27-15(3)36-20)24(34)28-14(2)23-29-18-10-7-9-17(26)22(18)31-23/h7,9-10,13-14,16,19H,4-6,8,11-12H2,1-3H3,(H,28,34)(H,29,31)(H,30,35)/t14?,16-,19?/m0/s1. The number of aromatic amines is 1. The second-order valence-corrected chi connectivity index (χ2v) is 10.3. The highest BCUT2D eigenvalue weighted by molar-refractivity contribution is 7.13. The number of fused-ring (bicyclic) bond motifs is 1. The largest absolute Gasteiger partial charge is 0.345 e. The van der Waals surface area contributed by atoms with Crippen molar-refractivity contribution in [3.8, 4) is 0 Å². The Balaban J connectivity index is 1.51. The number of para-hydroxylation sites is 1. The summed E-state index contributed by atoms with van der Waals surface area (Å²) >= 11 is 1.21. The maximum atomic E-state index is 14.1. The Morgan fingerprint density at radius 3 is 2.78 bits per heavy atom. The van der Waals surface area contributed by atoms with E-state index in [-0.39, 0.29) is 23.9 Å². The zero-order chi connectivity index (χ0) is 25.8. The Labute approximate surface area is 212 Å². The third-order valence-electron chi connectivity index (χ3n) is 6.52. The smallest absolute Gasteiger partial charge is 0.263 e. The van der Waals surface area contributed by atoms with Gasteiger partial charge >= 0.3 is 0 Å². The summed E-state index contributed by atoms with van der Waals surface area (Å²) in [4.78, 5) is 53.0. The van der Waals surface area contributed by atoms with Crippen molar-refractivity contribution in [1.29, 1.82) is 0 Å². The van der Waals surface area contributed by atoms with Gasteiger partial charge in [0.05, 0.1) is 29.2 Å². The summed E-state index contributed by atoms with van der Waals surface area (Å²) in [5.74, 6) is -1.23. The molecule has 2 aromatic heterocycles. The molecule has 1 saturated heterocycles. The summed E-state index contributed by atoms with van der Waals surface area (Å²) in [7, 11) is 0. The molecular weight excluding hydrogens is 483 g/mol. The molecule has 9 nitrogen and oxygen atoms in total. The Bertz CT molecular complexity index is 1260. The average molecular weight is 515 g/mol. The molecular formula is C25H31FN6O3S. The van der Waals surface area contributed by atoms with E-state index in [1.807, 2.05) is 11.8 Å². The molecule has 192 valence electrons. The van der Waals surface area contributed by atoms with E-state index in [0.29, 0.717) is 22.8 Å². The average Bonchev–Trinajstić information content (AvgIpc) is 3.51. The minimum Gasteiger partial charge on any atom is -0.345 e. The predicted molar refractivity (Wildman–Crippen MR) is 135 cm³/mol. The van der Waals surface area contributed by atoms with Crippen LogP contribution in [0.3, 0.4) is 0 Å². The number of carbonyl (C=O) groups is 3. The molecule has 0 spiro atoms. The fourth-order valence-corrected chi connectivity index (χ4v) is 5.23. The summed E-state index contributed by atoms with van der Waals surface area (Å²) in [5, 5.41) is 6.27. The molecule has 0 radical (unpaired) electrons. The SMILES string of the molecule is CC[C@H]1CCCCN1C(=O)CC(NC(=O)c1cnc(C)s1)C(=O)NC(C)c1nc2c(F)cccc2[nH]1. The van der Waals surface area contributed by atoms with Gasteiger partial charge in [0.25, 0.3) is 5.91 Å². The summed E-state index contributed by atoms with van der Waals surface area (Å²) < 4.78 is 14.1. The summed E-state index contributed by atoms with van der Waals surface area (Å²) in [5.41, 5.74) is 0.701. The highest BCUT2D eigenvalue weighted by atomic mass is 32.1. The molecule has 11 heteroatoms. The maximum absolute atomic E-state index is 14.1. The number of rotatable bonds is 8. The van der Waals surface area contributed by atoms with Gasteiger partial charge in [-0.2, -0.15) is 0 Å². The summed E-state index contributed by atoms with van der Waals surface area (Å²) in [6.07, 6.45) is 5.07. The van der Waals surface area contributed by atoms with Crippen molar-refractivity contribution in [3.05, 3.63) is 45.9 Å². The molecule has 3 N–H and O–H groups in total. The zero-order valence-corrected chi connectivity index (χ0v) is 21.5. The first-order valence-corrected chi connectivity index (χ1v) is 13.1. The minimum atomic E-state index is -1.09. The molecule has 1 aromatic carbocycles. The predicted octanol–water partition coefficient (Wildman–Crippen LogP) is 3.62. The van der Waals surface area contributed by atoms with Crippen molar-refractivity contribution < 1.29 is 18.8 Å². The minimum absolute atomic E-state index is 0.138. The van der Waals surface area contributed by atoms with Crippen LogP contribution in [0.15, 0.2) is 24.4 Å². The van der Waals surface area contributed by atoms with Crippen LogP contribution in [0.2, 0.25) is 0 Å². The first kappa shape index (κ1) is 25.7. The quantitative estimate of drug-likeness (QED) is 0.424. The lowest BCUT2D eigenvalue weighted by molar-refractivity contribution is -0.138. The van der Waals surface area contributed by atoms with E-state index >= 15 is 0 Å². The van der Waals surface area contributed by atoms with Gasteiger partial charge in [-0.05, 0) is 51.7 Å².